The van der Waals surface area contributed by atoms with E-state index in [1.54, 1.807) is 13.2 Å². The highest BCUT2D eigenvalue weighted by Gasteiger charge is 2.01. The van der Waals surface area contributed by atoms with Crippen LogP contribution in [0.3, 0.4) is 0 Å². The van der Waals surface area contributed by atoms with Crippen LogP contribution in [0.1, 0.15) is 19.3 Å². The minimum atomic E-state index is 0.0984. The van der Waals surface area contributed by atoms with E-state index < -0.39 is 0 Å². The molecule has 0 saturated heterocycles. The van der Waals surface area contributed by atoms with Crippen molar-refractivity contribution in [2.75, 3.05) is 13.7 Å². The molecule has 0 radical (unpaired) electrons. The van der Waals surface area contributed by atoms with Crippen LogP contribution < -0.4 is 5.43 Å². The number of nitrogens with zero attached hydrogens (tertiary/aromatic N) is 1. The maximum Gasteiger partial charge on any atom is 0.189 e. The van der Waals surface area contributed by atoms with Gasteiger partial charge in [-0.1, -0.05) is 12.1 Å². The van der Waals surface area contributed by atoms with Gasteiger partial charge in [-0.2, -0.15) is 0 Å². The maximum atomic E-state index is 11.7. The van der Waals surface area contributed by atoms with Gasteiger partial charge in [-0.3, -0.25) is 4.79 Å². The van der Waals surface area contributed by atoms with Gasteiger partial charge in [0.2, 0.25) is 0 Å². The Kier molecular flexibility index (Phi) is 4.53. The second-order valence-corrected chi connectivity index (χ2v) is 4.44. The first kappa shape index (κ1) is 12.8. The van der Waals surface area contributed by atoms with Gasteiger partial charge in [-0.25, -0.2) is 0 Å². The average molecular weight is 245 g/mol. The molecule has 3 heteroatoms. The van der Waals surface area contributed by atoms with E-state index in [1.165, 1.54) is 0 Å². The highest BCUT2D eigenvalue weighted by molar-refractivity contribution is 5.78. The molecule has 0 atom stereocenters. The molecule has 0 saturated carbocycles. The van der Waals surface area contributed by atoms with Gasteiger partial charge in [0.05, 0.1) is 5.52 Å². The van der Waals surface area contributed by atoms with E-state index in [0.29, 0.717) is 0 Å². The molecule has 0 amide bonds. The quantitative estimate of drug-likeness (QED) is 0.733. The summed E-state index contributed by atoms with van der Waals surface area (Å²) >= 11 is 0. The van der Waals surface area contributed by atoms with Crippen LogP contribution in [0.2, 0.25) is 0 Å². The van der Waals surface area contributed by atoms with Gasteiger partial charge in [-0.05, 0) is 31.4 Å². The summed E-state index contributed by atoms with van der Waals surface area (Å²) in [6, 6.07) is 9.43. The summed E-state index contributed by atoms with van der Waals surface area (Å²) in [5.41, 5.74) is 1.12. The van der Waals surface area contributed by atoms with Crippen molar-refractivity contribution in [1.29, 1.82) is 0 Å². The first-order valence-electron chi connectivity index (χ1n) is 6.40. The number of ether oxygens (including phenoxy) is 1. The van der Waals surface area contributed by atoms with Crippen LogP contribution in [-0.2, 0) is 11.3 Å². The van der Waals surface area contributed by atoms with Crippen LogP contribution in [0, 0.1) is 0 Å². The lowest BCUT2D eigenvalue weighted by Gasteiger charge is -2.10. The second kappa shape index (κ2) is 6.36. The fourth-order valence-corrected chi connectivity index (χ4v) is 2.16. The molecule has 1 aromatic carbocycles. The Morgan fingerprint density at radius 3 is 2.78 bits per heavy atom. The lowest BCUT2D eigenvalue weighted by Crippen LogP contribution is -2.08. The standard InChI is InChI=1S/C15H19NO2/c1-18-12-6-2-5-10-16-11-9-15(17)13-7-3-4-8-14(13)16/h3-4,7-9,11H,2,5-6,10,12H2,1H3. The van der Waals surface area contributed by atoms with E-state index in [0.717, 1.165) is 43.3 Å². The third-order valence-corrected chi connectivity index (χ3v) is 3.13. The van der Waals surface area contributed by atoms with Gasteiger partial charge in [0.25, 0.3) is 0 Å². The zero-order valence-electron chi connectivity index (χ0n) is 10.8. The highest BCUT2D eigenvalue weighted by atomic mass is 16.5. The van der Waals surface area contributed by atoms with Crippen LogP contribution in [0.15, 0.2) is 41.3 Å². The SMILES string of the molecule is COCCCCCn1ccc(=O)c2ccccc21. The molecular weight excluding hydrogens is 226 g/mol. The van der Waals surface area contributed by atoms with E-state index in [4.69, 9.17) is 4.74 Å². The number of aryl methyl sites for hydroxylation is 1. The Bertz CT molecular complexity index is 560. The molecule has 0 spiro atoms. The van der Waals surface area contributed by atoms with Crippen molar-refractivity contribution in [2.24, 2.45) is 0 Å². The Morgan fingerprint density at radius 1 is 1.11 bits per heavy atom. The lowest BCUT2D eigenvalue weighted by molar-refractivity contribution is 0.191. The predicted molar refractivity (Wildman–Crippen MR) is 73.9 cm³/mol. The number of unbranched alkanes of at least 4 members (excludes halogenated alkanes) is 2. The molecule has 0 fully saturated rings. The first-order chi connectivity index (χ1) is 8.83. The van der Waals surface area contributed by atoms with Crippen molar-refractivity contribution in [2.45, 2.75) is 25.8 Å². The largest absolute Gasteiger partial charge is 0.385 e. The van der Waals surface area contributed by atoms with Gasteiger partial charge < -0.3 is 9.30 Å². The Hall–Kier alpha value is -1.61. The van der Waals surface area contributed by atoms with Gasteiger partial charge in [0.1, 0.15) is 0 Å². The van der Waals surface area contributed by atoms with Crippen LogP contribution in [0.4, 0.5) is 0 Å². The van der Waals surface area contributed by atoms with Crippen LogP contribution >= 0.6 is 0 Å². The smallest absolute Gasteiger partial charge is 0.189 e. The summed E-state index contributed by atoms with van der Waals surface area (Å²) in [6.45, 7) is 1.77. The number of fused-ring (bicyclic) bond motifs is 1. The van der Waals surface area contributed by atoms with E-state index in [-0.39, 0.29) is 5.43 Å². The van der Waals surface area contributed by atoms with Crippen molar-refractivity contribution in [3.05, 3.63) is 46.8 Å². The monoisotopic (exact) mass is 245 g/mol. The van der Waals surface area contributed by atoms with Crippen molar-refractivity contribution in [1.82, 2.24) is 4.57 Å². The van der Waals surface area contributed by atoms with Crippen LogP contribution in [-0.4, -0.2) is 18.3 Å². The molecule has 0 unspecified atom stereocenters. The number of pyridine rings is 1. The molecule has 0 aliphatic carbocycles. The number of benzene rings is 1. The average Bonchev–Trinajstić information content (AvgIpc) is 2.41. The number of para-hydroxylation sites is 1. The summed E-state index contributed by atoms with van der Waals surface area (Å²) in [7, 11) is 1.73. The molecule has 0 N–H and O–H groups in total. The zero-order chi connectivity index (χ0) is 12.8. The molecule has 1 heterocycles. The van der Waals surface area contributed by atoms with Gasteiger partial charge in [0.15, 0.2) is 5.43 Å². The molecule has 0 bridgehead atoms. The minimum Gasteiger partial charge on any atom is -0.385 e. The van der Waals surface area contributed by atoms with Crippen molar-refractivity contribution >= 4 is 10.9 Å². The molecule has 18 heavy (non-hydrogen) atoms. The Balaban J connectivity index is 2.09. The Morgan fingerprint density at radius 2 is 1.94 bits per heavy atom. The summed E-state index contributed by atoms with van der Waals surface area (Å²) in [5, 5.41) is 0.803. The number of methoxy groups -OCH3 is 1. The zero-order valence-corrected chi connectivity index (χ0v) is 10.8. The molecular formula is C15H19NO2. The molecule has 96 valence electrons. The lowest BCUT2D eigenvalue weighted by atomic mass is 10.2. The number of rotatable bonds is 6. The normalized spacial score (nSPS) is 10.9. The number of hydrogen-bond donors (Lipinski definition) is 0. The van der Waals surface area contributed by atoms with Gasteiger partial charge in [0, 0.05) is 37.9 Å². The third-order valence-electron chi connectivity index (χ3n) is 3.13. The summed E-state index contributed by atoms with van der Waals surface area (Å²) in [4.78, 5) is 11.7. The molecule has 0 aliphatic heterocycles. The molecule has 2 rings (SSSR count). The van der Waals surface area contributed by atoms with Crippen molar-refractivity contribution in [3.63, 3.8) is 0 Å². The first-order valence-corrected chi connectivity index (χ1v) is 6.40. The second-order valence-electron chi connectivity index (χ2n) is 4.44. The van der Waals surface area contributed by atoms with E-state index in [1.807, 2.05) is 30.5 Å². The summed E-state index contributed by atoms with van der Waals surface area (Å²) < 4.78 is 7.19. The molecule has 2 aromatic rings. The molecule has 3 nitrogen and oxygen atoms in total. The fourth-order valence-electron chi connectivity index (χ4n) is 2.16. The number of aromatic nitrogens is 1. The van der Waals surface area contributed by atoms with E-state index >= 15 is 0 Å². The van der Waals surface area contributed by atoms with Gasteiger partial charge >= 0.3 is 0 Å². The number of hydrogen-bond acceptors (Lipinski definition) is 2. The van der Waals surface area contributed by atoms with Crippen LogP contribution in [0.5, 0.6) is 0 Å². The maximum absolute atomic E-state index is 11.7. The summed E-state index contributed by atoms with van der Waals surface area (Å²) in [6.07, 6.45) is 5.24. The fraction of sp³-hybridized carbons (Fsp3) is 0.400. The van der Waals surface area contributed by atoms with E-state index in [9.17, 15) is 4.79 Å². The van der Waals surface area contributed by atoms with E-state index in [2.05, 4.69) is 4.57 Å². The Labute approximate surface area is 107 Å². The van der Waals surface area contributed by atoms with Crippen molar-refractivity contribution < 1.29 is 4.74 Å². The molecule has 0 aliphatic rings. The molecule has 1 aromatic heterocycles. The third kappa shape index (κ3) is 2.99. The topological polar surface area (TPSA) is 31.2 Å². The van der Waals surface area contributed by atoms with Gasteiger partial charge in [-0.15, -0.1) is 0 Å². The summed E-state index contributed by atoms with van der Waals surface area (Å²) in [5.74, 6) is 0. The van der Waals surface area contributed by atoms with Crippen LogP contribution in [0.25, 0.3) is 10.9 Å². The predicted octanol–water partition coefficient (Wildman–Crippen LogP) is 2.82. The minimum absolute atomic E-state index is 0.0984. The van der Waals surface area contributed by atoms with Crippen molar-refractivity contribution in [3.8, 4) is 0 Å². The highest BCUT2D eigenvalue weighted by Crippen LogP contribution is 2.10.